The van der Waals surface area contributed by atoms with Crippen molar-refractivity contribution in [1.82, 2.24) is 9.71 Å². The zero-order valence-electron chi connectivity index (χ0n) is 11.6. The topological polar surface area (TPSA) is 72.2 Å². The summed E-state index contributed by atoms with van der Waals surface area (Å²) in [7, 11) is -3.23. The summed E-state index contributed by atoms with van der Waals surface area (Å²) < 4.78 is 31.4. The van der Waals surface area contributed by atoms with Crippen molar-refractivity contribution in [2.75, 3.05) is 5.75 Å². The van der Waals surface area contributed by atoms with Crippen molar-refractivity contribution in [2.24, 2.45) is 0 Å². The van der Waals surface area contributed by atoms with E-state index in [2.05, 4.69) is 9.71 Å². The van der Waals surface area contributed by atoms with Gasteiger partial charge >= 0.3 is 0 Å². The summed E-state index contributed by atoms with van der Waals surface area (Å²) in [6, 6.07) is 9.52. The SMILES string of the molecule is CCCS(=O)(=O)NCc1nc(-c2ccccc2)oc1C. The van der Waals surface area contributed by atoms with Gasteiger partial charge in [0.1, 0.15) is 5.76 Å². The van der Waals surface area contributed by atoms with Gasteiger partial charge in [0.05, 0.1) is 18.0 Å². The van der Waals surface area contributed by atoms with Crippen LogP contribution in [0.2, 0.25) is 0 Å². The van der Waals surface area contributed by atoms with Gasteiger partial charge in [-0.2, -0.15) is 0 Å². The number of benzene rings is 1. The zero-order valence-corrected chi connectivity index (χ0v) is 12.4. The largest absolute Gasteiger partial charge is 0.441 e. The van der Waals surface area contributed by atoms with E-state index < -0.39 is 10.0 Å². The summed E-state index contributed by atoms with van der Waals surface area (Å²) >= 11 is 0. The number of aryl methyl sites for hydroxylation is 1. The van der Waals surface area contributed by atoms with Gasteiger partial charge in [0.15, 0.2) is 0 Å². The molecule has 0 bridgehead atoms. The van der Waals surface area contributed by atoms with E-state index in [4.69, 9.17) is 4.42 Å². The Bertz CT molecular complexity index is 663. The Morgan fingerprint density at radius 3 is 2.60 bits per heavy atom. The molecule has 1 heterocycles. The van der Waals surface area contributed by atoms with Crippen LogP contribution in [-0.2, 0) is 16.6 Å². The maximum absolute atomic E-state index is 11.6. The second kappa shape index (κ2) is 6.19. The highest BCUT2D eigenvalue weighted by Gasteiger charge is 2.14. The maximum atomic E-state index is 11.6. The number of oxazole rings is 1. The van der Waals surface area contributed by atoms with Crippen LogP contribution in [0.5, 0.6) is 0 Å². The summed E-state index contributed by atoms with van der Waals surface area (Å²) in [6.45, 7) is 3.77. The Hall–Kier alpha value is -1.66. The molecule has 6 heteroatoms. The smallest absolute Gasteiger partial charge is 0.226 e. The summed E-state index contributed by atoms with van der Waals surface area (Å²) in [6.07, 6.45) is 0.586. The molecule has 1 aromatic heterocycles. The van der Waals surface area contributed by atoms with E-state index in [0.29, 0.717) is 23.8 Å². The summed E-state index contributed by atoms with van der Waals surface area (Å²) in [5.74, 6) is 1.26. The summed E-state index contributed by atoms with van der Waals surface area (Å²) in [5.41, 5.74) is 1.49. The average Bonchev–Trinajstić information content (AvgIpc) is 2.79. The first-order chi connectivity index (χ1) is 9.52. The van der Waals surface area contributed by atoms with Gasteiger partial charge in [-0.15, -0.1) is 0 Å². The molecule has 0 radical (unpaired) electrons. The zero-order chi connectivity index (χ0) is 14.6. The number of hydrogen-bond acceptors (Lipinski definition) is 4. The van der Waals surface area contributed by atoms with E-state index in [1.807, 2.05) is 37.3 Å². The predicted octanol–water partition coefficient (Wildman–Crippen LogP) is 2.48. The number of sulfonamides is 1. The minimum Gasteiger partial charge on any atom is -0.441 e. The van der Waals surface area contributed by atoms with Crippen LogP contribution in [0.15, 0.2) is 34.7 Å². The first-order valence-electron chi connectivity index (χ1n) is 6.51. The highest BCUT2D eigenvalue weighted by Crippen LogP contribution is 2.21. The van der Waals surface area contributed by atoms with Gasteiger partial charge in [-0.05, 0) is 25.5 Å². The van der Waals surface area contributed by atoms with E-state index in [9.17, 15) is 8.42 Å². The molecular formula is C14H18N2O3S. The lowest BCUT2D eigenvalue weighted by molar-refractivity contribution is 0.538. The molecule has 0 aliphatic heterocycles. The Morgan fingerprint density at radius 2 is 1.95 bits per heavy atom. The van der Waals surface area contributed by atoms with Crippen LogP contribution in [0.3, 0.4) is 0 Å². The van der Waals surface area contributed by atoms with Gasteiger partial charge in [-0.25, -0.2) is 18.1 Å². The second-order valence-corrected chi connectivity index (χ2v) is 6.45. The maximum Gasteiger partial charge on any atom is 0.226 e. The third-order valence-corrected chi connectivity index (χ3v) is 4.38. The first kappa shape index (κ1) is 14.7. The summed E-state index contributed by atoms with van der Waals surface area (Å²) in [4.78, 5) is 4.35. The number of rotatable bonds is 6. The molecule has 0 atom stereocenters. The second-order valence-electron chi connectivity index (χ2n) is 4.53. The molecule has 0 saturated heterocycles. The van der Waals surface area contributed by atoms with Crippen molar-refractivity contribution < 1.29 is 12.8 Å². The molecule has 0 aliphatic carbocycles. The molecule has 1 N–H and O–H groups in total. The highest BCUT2D eigenvalue weighted by atomic mass is 32.2. The van der Waals surface area contributed by atoms with Crippen LogP contribution in [-0.4, -0.2) is 19.2 Å². The third-order valence-electron chi connectivity index (χ3n) is 2.85. The lowest BCUT2D eigenvalue weighted by Crippen LogP contribution is -2.26. The molecule has 5 nitrogen and oxygen atoms in total. The fraction of sp³-hybridized carbons (Fsp3) is 0.357. The van der Waals surface area contributed by atoms with E-state index >= 15 is 0 Å². The monoisotopic (exact) mass is 294 g/mol. The number of nitrogens with one attached hydrogen (secondary N) is 1. The summed E-state index contributed by atoms with van der Waals surface area (Å²) in [5, 5.41) is 0. The van der Waals surface area contributed by atoms with Crippen LogP contribution in [0.1, 0.15) is 24.8 Å². The van der Waals surface area contributed by atoms with Crippen LogP contribution in [0, 0.1) is 6.92 Å². The molecule has 108 valence electrons. The van der Waals surface area contributed by atoms with Crippen molar-refractivity contribution in [2.45, 2.75) is 26.8 Å². The van der Waals surface area contributed by atoms with E-state index in [0.717, 1.165) is 5.56 Å². The molecule has 0 spiro atoms. The molecule has 0 amide bonds. The Kier molecular flexibility index (Phi) is 4.57. The number of nitrogens with zero attached hydrogens (tertiary/aromatic N) is 1. The van der Waals surface area contributed by atoms with Crippen LogP contribution >= 0.6 is 0 Å². The van der Waals surface area contributed by atoms with E-state index in [-0.39, 0.29) is 12.3 Å². The minimum atomic E-state index is -3.23. The van der Waals surface area contributed by atoms with Crippen molar-refractivity contribution in [3.05, 3.63) is 41.8 Å². The Balaban J connectivity index is 2.13. The molecular weight excluding hydrogens is 276 g/mol. The molecule has 0 fully saturated rings. The van der Waals surface area contributed by atoms with Crippen LogP contribution in [0.25, 0.3) is 11.5 Å². The normalized spacial score (nSPS) is 11.7. The molecule has 1 aromatic carbocycles. The standard InChI is InChI=1S/C14H18N2O3S/c1-3-9-20(17,18)15-10-13-11(2)19-14(16-13)12-7-5-4-6-8-12/h4-8,15H,3,9-10H2,1-2H3. The first-order valence-corrected chi connectivity index (χ1v) is 8.16. The lowest BCUT2D eigenvalue weighted by atomic mass is 10.2. The number of aromatic nitrogens is 1. The van der Waals surface area contributed by atoms with Crippen molar-refractivity contribution in [3.63, 3.8) is 0 Å². The molecule has 20 heavy (non-hydrogen) atoms. The fourth-order valence-corrected chi connectivity index (χ4v) is 2.85. The van der Waals surface area contributed by atoms with Gasteiger partial charge in [-0.1, -0.05) is 25.1 Å². The molecule has 0 unspecified atom stereocenters. The number of hydrogen-bond donors (Lipinski definition) is 1. The fourth-order valence-electron chi connectivity index (χ4n) is 1.82. The average molecular weight is 294 g/mol. The lowest BCUT2D eigenvalue weighted by Gasteiger charge is -2.03. The van der Waals surface area contributed by atoms with E-state index in [1.54, 1.807) is 6.92 Å². The van der Waals surface area contributed by atoms with Gasteiger partial charge < -0.3 is 4.42 Å². The third kappa shape index (κ3) is 3.68. The van der Waals surface area contributed by atoms with Crippen LogP contribution < -0.4 is 4.72 Å². The van der Waals surface area contributed by atoms with Crippen molar-refractivity contribution >= 4 is 10.0 Å². The van der Waals surface area contributed by atoms with Gasteiger partial charge in [-0.3, -0.25) is 0 Å². The molecule has 2 aromatic rings. The molecule has 0 aliphatic rings. The Morgan fingerprint density at radius 1 is 1.25 bits per heavy atom. The Labute approximate surface area is 119 Å². The quantitative estimate of drug-likeness (QED) is 0.888. The molecule has 2 rings (SSSR count). The van der Waals surface area contributed by atoms with Crippen molar-refractivity contribution in [3.8, 4) is 11.5 Å². The predicted molar refractivity (Wildman–Crippen MR) is 77.6 cm³/mol. The van der Waals surface area contributed by atoms with Gasteiger partial charge in [0, 0.05) is 5.56 Å². The van der Waals surface area contributed by atoms with Gasteiger partial charge in [0.2, 0.25) is 15.9 Å². The van der Waals surface area contributed by atoms with E-state index in [1.165, 1.54) is 0 Å². The van der Waals surface area contributed by atoms with Gasteiger partial charge in [0.25, 0.3) is 0 Å². The van der Waals surface area contributed by atoms with Crippen molar-refractivity contribution in [1.29, 1.82) is 0 Å². The highest BCUT2D eigenvalue weighted by molar-refractivity contribution is 7.89. The minimum absolute atomic E-state index is 0.120. The van der Waals surface area contributed by atoms with Crippen LogP contribution in [0.4, 0.5) is 0 Å². The molecule has 0 saturated carbocycles.